The Morgan fingerprint density at radius 2 is 1.92 bits per heavy atom. The van der Waals surface area contributed by atoms with E-state index in [0.717, 1.165) is 22.0 Å². The van der Waals surface area contributed by atoms with E-state index in [1.165, 1.54) is 0 Å². The van der Waals surface area contributed by atoms with E-state index in [1.54, 1.807) is 4.57 Å². The van der Waals surface area contributed by atoms with Crippen LogP contribution in [0.5, 0.6) is 0 Å². The Labute approximate surface area is 144 Å². The van der Waals surface area contributed by atoms with Crippen LogP contribution in [0, 0.1) is 5.92 Å². The van der Waals surface area contributed by atoms with Crippen LogP contribution >= 0.6 is 0 Å². The number of para-hydroxylation sites is 1. The van der Waals surface area contributed by atoms with Gasteiger partial charge < -0.3 is 10.5 Å². The molecular weight excluding hydrogens is 300 g/mol. The molecular formula is C20H28N2O2. The Balaban J connectivity index is 2.39. The van der Waals surface area contributed by atoms with Crippen molar-refractivity contribution in [1.82, 2.24) is 4.57 Å². The number of carbonyl (C=O) groups excluding carboxylic acids is 1. The highest BCUT2D eigenvalue weighted by Gasteiger charge is 2.21. The van der Waals surface area contributed by atoms with E-state index in [0.29, 0.717) is 12.3 Å². The zero-order valence-electron chi connectivity index (χ0n) is 15.3. The lowest BCUT2D eigenvalue weighted by atomic mass is 9.93. The molecule has 4 nitrogen and oxygen atoms in total. The second-order valence-corrected chi connectivity index (χ2v) is 7.56. The highest BCUT2D eigenvalue weighted by atomic mass is 16.6. The van der Waals surface area contributed by atoms with E-state index in [9.17, 15) is 4.79 Å². The number of hydrogen-bond acceptors (Lipinski definition) is 3. The molecule has 0 aliphatic carbocycles. The van der Waals surface area contributed by atoms with Gasteiger partial charge >= 0.3 is 6.09 Å². The van der Waals surface area contributed by atoms with E-state index >= 15 is 0 Å². The van der Waals surface area contributed by atoms with Crippen molar-refractivity contribution in [1.29, 1.82) is 0 Å². The van der Waals surface area contributed by atoms with Crippen LogP contribution in [0.1, 0.15) is 40.2 Å². The molecule has 1 heterocycles. The minimum atomic E-state index is -0.537. The molecule has 2 rings (SSSR count). The summed E-state index contributed by atoms with van der Waals surface area (Å²) in [5.74, 6) is 0.333. The van der Waals surface area contributed by atoms with Gasteiger partial charge in [-0.1, -0.05) is 44.2 Å². The molecule has 0 spiro atoms. The first-order valence-electron chi connectivity index (χ1n) is 8.36. The van der Waals surface area contributed by atoms with Gasteiger partial charge in [-0.3, -0.25) is 4.57 Å². The first kappa shape index (κ1) is 18.3. The molecule has 1 atom stereocenters. The number of fused-ring (bicyclic) bond motifs is 1. The fourth-order valence-corrected chi connectivity index (χ4v) is 2.67. The zero-order valence-corrected chi connectivity index (χ0v) is 15.3. The van der Waals surface area contributed by atoms with Gasteiger partial charge in [-0.25, -0.2) is 4.79 Å². The normalized spacial score (nSPS) is 13.3. The van der Waals surface area contributed by atoms with Gasteiger partial charge in [-0.15, -0.1) is 0 Å². The Morgan fingerprint density at radius 3 is 2.50 bits per heavy atom. The van der Waals surface area contributed by atoms with Crippen LogP contribution in [-0.4, -0.2) is 22.3 Å². The molecule has 2 N–H and O–H groups in total. The second kappa shape index (κ2) is 6.81. The number of rotatable bonds is 4. The lowest BCUT2D eigenvalue weighted by Gasteiger charge is -2.19. The number of nitrogens with zero attached hydrogens (tertiary/aromatic N) is 1. The topological polar surface area (TPSA) is 57.2 Å². The van der Waals surface area contributed by atoms with E-state index < -0.39 is 5.60 Å². The Hall–Kier alpha value is -2.07. The summed E-state index contributed by atoms with van der Waals surface area (Å²) >= 11 is 0. The van der Waals surface area contributed by atoms with Gasteiger partial charge in [0.1, 0.15) is 5.60 Å². The number of nitrogens with two attached hydrogens (primary N) is 1. The van der Waals surface area contributed by atoms with E-state index in [2.05, 4.69) is 20.4 Å². The monoisotopic (exact) mass is 328 g/mol. The van der Waals surface area contributed by atoms with Crippen molar-refractivity contribution < 1.29 is 9.53 Å². The summed E-state index contributed by atoms with van der Waals surface area (Å²) in [6.45, 7) is 13.9. The maximum atomic E-state index is 12.5. The minimum absolute atomic E-state index is 0.136. The lowest BCUT2D eigenvalue weighted by Crippen LogP contribution is -2.27. The third-order valence-corrected chi connectivity index (χ3v) is 4.04. The van der Waals surface area contributed by atoms with Crippen LogP contribution in [0.25, 0.3) is 10.9 Å². The predicted octanol–water partition coefficient (Wildman–Crippen LogP) is 4.51. The van der Waals surface area contributed by atoms with E-state index in [-0.39, 0.29) is 12.1 Å². The molecule has 0 saturated carbocycles. The molecule has 1 unspecified atom stereocenters. The van der Waals surface area contributed by atoms with Crippen LogP contribution in [0.2, 0.25) is 0 Å². The third-order valence-electron chi connectivity index (χ3n) is 4.04. The fraction of sp³-hybridized carbons (Fsp3) is 0.450. The Morgan fingerprint density at radius 1 is 1.29 bits per heavy atom. The molecule has 130 valence electrons. The second-order valence-electron chi connectivity index (χ2n) is 7.56. The predicted molar refractivity (Wildman–Crippen MR) is 99.2 cm³/mol. The smallest absolute Gasteiger partial charge is 0.419 e. The van der Waals surface area contributed by atoms with E-state index in [4.69, 9.17) is 10.5 Å². The van der Waals surface area contributed by atoms with Crippen molar-refractivity contribution in [3.8, 4) is 0 Å². The van der Waals surface area contributed by atoms with E-state index in [1.807, 2.05) is 51.2 Å². The molecule has 0 radical (unpaired) electrons. The molecule has 24 heavy (non-hydrogen) atoms. The summed E-state index contributed by atoms with van der Waals surface area (Å²) in [7, 11) is 0. The van der Waals surface area contributed by atoms with Crippen LogP contribution in [0.4, 0.5) is 4.79 Å². The first-order valence-corrected chi connectivity index (χ1v) is 8.36. The van der Waals surface area contributed by atoms with Crippen LogP contribution in [0.15, 0.2) is 42.6 Å². The number of hydrogen-bond donors (Lipinski definition) is 1. The maximum absolute atomic E-state index is 12.5. The highest BCUT2D eigenvalue weighted by molar-refractivity contribution is 5.92. The van der Waals surface area contributed by atoms with Crippen molar-refractivity contribution in [3.63, 3.8) is 0 Å². The summed E-state index contributed by atoms with van der Waals surface area (Å²) in [5, 5.41) is 1.02. The average molecular weight is 328 g/mol. The molecule has 0 bridgehead atoms. The number of ether oxygens (including phenoxy) is 1. The summed E-state index contributed by atoms with van der Waals surface area (Å²) < 4.78 is 7.08. The lowest BCUT2D eigenvalue weighted by molar-refractivity contribution is 0.0544. The molecule has 0 amide bonds. The van der Waals surface area contributed by atoms with Crippen LogP contribution in [-0.2, 0) is 11.2 Å². The molecule has 1 aromatic carbocycles. The van der Waals surface area contributed by atoms with Crippen molar-refractivity contribution in [2.24, 2.45) is 11.7 Å². The van der Waals surface area contributed by atoms with Crippen molar-refractivity contribution in [3.05, 3.63) is 48.2 Å². The number of aromatic nitrogens is 1. The fourth-order valence-electron chi connectivity index (χ4n) is 2.67. The minimum Gasteiger partial charge on any atom is -0.443 e. The maximum Gasteiger partial charge on any atom is 0.419 e. The largest absolute Gasteiger partial charge is 0.443 e. The summed E-state index contributed by atoms with van der Waals surface area (Å²) in [4.78, 5) is 12.5. The van der Waals surface area contributed by atoms with Crippen molar-refractivity contribution in [2.75, 3.05) is 0 Å². The first-order chi connectivity index (χ1) is 11.1. The van der Waals surface area contributed by atoms with Crippen LogP contribution in [0.3, 0.4) is 0 Å². The Kier molecular flexibility index (Phi) is 5.19. The molecule has 2 aromatic rings. The standard InChI is InChI=1S/C20H28N2O2/c1-13(2)14(3)17(21)11-15-12-22(19(23)24-20(4,5)6)18-10-8-7-9-16(15)18/h7-10,12-13,17H,3,11,21H2,1-2,4-6H3. The van der Waals surface area contributed by atoms with Crippen LogP contribution < -0.4 is 5.73 Å². The summed E-state index contributed by atoms with van der Waals surface area (Å²) in [5.41, 5.74) is 8.65. The van der Waals surface area contributed by atoms with Gasteiger partial charge in [-0.2, -0.15) is 0 Å². The SMILES string of the molecule is C=C(C(C)C)C(N)Cc1cn(C(=O)OC(C)(C)C)c2ccccc12. The highest BCUT2D eigenvalue weighted by Crippen LogP contribution is 2.25. The van der Waals surface area contributed by atoms with Gasteiger partial charge in [0.15, 0.2) is 0 Å². The van der Waals surface area contributed by atoms with Gasteiger partial charge in [-0.05, 0) is 44.7 Å². The quantitative estimate of drug-likeness (QED) is 0.840. The van der Waals surface area contributed by atoms with Gasteiger partial charge in [0, 0.05) is 17.6 Å². The average Bonchev–Trinajstić information content (AvgIpc) is 2.83. The van der Waals surface area contributed by atoms with Gasteiger partial charge in [0.05, 0.1) is 5.52 Å². The number of benzene rings is 1. The molecule has 1 aromatic heterocycles. The van der Waals surface area contributed by atoms with Crippen molar-refractivity contribution >= 4 is 17.0 Å². The Bertz CT molecular complexity index is 751. The van der Waals surface area contributed by atoms with Gasteiger partial charge in [0.25, 0.3) is 0 Å². The van der Waals surface area contributed by atoms with Gasteiger partial charge in [0.2, 0.25) is 0 Å². The molecule has 0 aliphatic rings. The molecule has 0 saturated heterocycles. The number of carbonyl (C=O) groups is 1. The van der Waals surface area contributed by atoms with Crippen molar-refractivity contribution in [2.45, 2.75) is 52.7 Å². The summed E-state index contributed by atoms with van der Waals surface area (Å²) in [6.07, 6.45) is 2.11. The summed E-state index contributed by atoms with van der Waals surface area (Å²) in [6, 6.07) is 7.68. The zero-order chi connectivity index (χ0) is 18.1. The third kappa shape index (κ3) is 4.06. The molecule has 0 aliphatic heterocycles. The molecule has 4 heteroatoms. The molecule has 0 fully saturated rings.